The van der Waals surface area contributed by atoms with E-state index in [-0.39, 0.29) is 26.4 Å². The van der Waals surface area contributed by atoms with Gasteiger partial charge in [0.15, 0.2) is 0 Å². The Balaban J connectivity index is 1.65. The van der Waals surface area contributed by atoms with E-state index < -0.39 is 12.1 Å². The highest BCUT2D eigenvalue weighted by Crippen LogP contribution is 2.44. The van der Waals surface area contributed by atoms with Crippen molar-refractivity contribution in [1.82, 2.24) is 5.32 Å². The molecule has 0 saturated carbocycles. The van der Waals surface area contributed by atoms with Crippen LogP contribution in [0, 0.1) is 0 Å². The number of ether oxygens (including phenoxy) is 4. The third kappa shape index (κ3) is 5.76. The molecule has 3 rings (SSSR count). The SMILES string of the molecule is C=CC(=O)OCCOCCNC(=O)Oc1c2c(c(OCC)c3ccccc13)CCCC2. The maximum absolute atomic E-state index is 12.5. The molecule has 1 amide bonds. The first-order valence-corrected chi connectivity index (χ1v) is 10.7. The van der Waals surface area contributed by atoms with E-state index in [2.05, 4.69) is 11.9 Å². The minimum absolute atomic E-state index is 0.138. The molecule has 1 aliphatic rings. The first-order valence-electron chi connectivity index (χ1n) is 10.7. The van der Waals surface area contributed by atoms with Crippen LogP contribution in [-0.2, 0) is 27.1 Å². The van der Waals surface area contributed by atoms with Gasteiger partial charge < -0.3 is 24.3 Å². The van der Waals surface area contributed by atoms with Gasteiger partial charge in [-0.2, -0.15) is 0 Å². The lowest BCUT2D eigenvalue weighted by Crippen LogP contribution is -2.31. The van der Waals surface area contributed by atoms with Crippen molar-refractivity contribution >= 4 is 22.8 Å². The van der Waals surface area contributed by atoms with Crippen molar-refractivity contribution in [2.75, 3.05) is 33.0 Å². The number of benzene rings is 2. The number of carbonyl (C=O) groups excluding carboxylic acids is 2. The molecule has 0 saturated heterocycles. The number of nitrogens with one attached hydrogen (secondary N) is 1. The highest BCUT2D eigenvalue weighted by molar-refractivity contribution is 5.97. The Morgan fingerprint density at radius 1 is 1.03 bits per heavy atom. The molecule has 7 nitrogen and oxygen atoms in total. The molecule has 2 aromatic carbocycles. The van der Waals surface area contributed by atoms with Crippen molar-refractivity contribution in [1.29, 1.82) is 0 Å². The fraction of sp³-hybridized carbons (Fsp3) is 0.417. The van der Waals surface area contributed by atoms with Gasteiger partial charge in [-0.05, 0) is 32.6 Å². The lowest BCUT2D eigenvalue weighted by molar-refractivity contribution is -0.139. The average molecular weight is 427 g/mol. The van der Waals surface area contributed by atoms with Gasteiger partial charge in [-0.3, -0.25) is 0 Å². The Kier molecular flexibility index (Phi) is 8.29. The summed E-state index contributed by atoms with van der Waals surface area (Å²) in [6, 6.07) is 7.87. The molecule has 0 bridgehead atoms. The van der Waals surface area contributed by atoms with E-state index in [1.165, 1.54) is 0 Å². The molecule has 7 heteroatoms. The fourth-order valence-electron chi connectivity index (χ4n) is 3.75. The van der Waals surface area contributed by atoms with Crippen LogP contribution in [0.1, 0.15) is 30.9 Å². The first kappa shape index (κ1) is 22.6. The zero-order chi connectivity index (χ0) is 22.1. The van der Waals surface area contributed by atoms with Crippen LogP contribution >= 0.6 is 0 Å². The van der Waals surface area contributed by atoms with E-state index in [4.69, 9.17) is 18.9 Å². The van der Waals surface area contributed by atoms with Crippen molar-refractivity contribution in [3.8, 4) is 11.5 Å². The van der Waals surface area contributed by atoms with Crippen LogP contribution in [0.15, 0.2) is 36.9 Å². The van der Waals surface area contributed by atoms with E-state index in [1.54, 1.807) is 0 Å². The molecule has 0 atom stereocenters. The maximum atomic E-state index is 12.5. The minimum atomic E-state index is -0.524. The highest BCUT2D eigenvalue weighted by Gasteiger charge is 2.24. The van der Waals surface area contributed by atoms with E-state index >= 15 is 0 Å². The summed E-state index contributed by atoms with van der Waals surface area (Å²) in [6.45, 7) is 6.83. The zero-order valence-electron chi connectivity index (χ0n) is 17.9. The highest BCUT2D eigenvalue weighted by atomic mass is 16.6. The van der Waals surface area contributed by atoms with E-state index in [1.807, 2.05) is 31.2 Å². The normalized spacial score (nSPS) is 12.7. The molecule has 31 heavy (non-hydrogen) atoms. The lowest BCUT2D eigenvalue weighted by Gasteiger charge is -2.24. The summed E-state index contributed by atoms with van der Waals surface area (Å²) in [5.74, 6) is 1.03. The molecular formula is C24H29NO6. The van der Waals surface area contributed by atoms with Crippen LogP contribution in [-0.4, -0.2) is 45.0 Å². The van der Waals surface area contributed by atoms with Gasteiger partial charge in [0.2, 0.25) is 0 Å². The van der Waals surface area contributed by atoms with E-state index in [0.29, 0.717) is 12.4 Å². The van der Waals surface area contributed by atoms with Gasteiger partial charge >= 0.3 is 12.1 Å². The van der Waals surface area contributed by atoms with Crippen LogP contribution in [0.5, 0.6) is 11.5 Å². The van der Waals surface area contributed by atoms with Gasteiger partial charge in [-0.25, -0.2) is 9.59 Å². The standard InChI is InChI=1S/C24H29NO6/c1-3-21(26)30-16-15-28-14-13-25-24(27)31-23-19-11-7-5-9-17(19)22(29-4-2)18-10-6-8-12-20(18)23/h3,5,7,9,11H,1,4,6,8,10,12-16H2,2H3,(H,25,27). The molecule has 0 unspecified atom stereocenters. The largest absolute Gasteiger partial charge is 0.493 e. The van der Waals surface area contributed by atoms with Crippen LogP contribution in [0.25, 0.3) is 10.8 Å². The second-order valence-electron chi connectivity index (χ2n) is 7.10. The molecule has 0 aliphatic heterocycles. The van der Waals surface area contributed by atoms with Gasteiger partial charge in [0.05, 0.1) is 19.8 Å². The van der Waals surface area contributed by atoms with Gasteiger partial charge in [-0.1, -0.05) is 30.8 Å². The van der Waals surface area contributed by atoms with E-state index in [0.717, 1.165) is 59.4 Å². The molecule has 2 aromatic rings. The molecule has 0 radical (unpaired) electrons. The van der Waals surface area contributed by atoms with Crippen LogP contribution in [0.4, 0.5) is 4.79 Å². The number of fused-ring (bicyclic) bond motifs is 2. The van der Waals surface area contributed by atoms with Crippen molar-refractivity contribution in [3.63, 3.8) is 0 Å². The predicted molar refractivity (Wildman–Crippen MR) is 118 cm³/mol. The Bertz CT molecular complexity index is 939. The van der Waals surface area contributed by atoms with Gasteiger partial charge in [0, 0.05) is 34.5 Å². The first-order chi connectivity index (χ1) is 15.2. The van der Waals surface area contributed by atoms with Crippen LogP contribution < -0.4 is 14.8 Å². The summed E-state index contributed by atoms with van der Waals surface area (Å²) >= 11 is 0. The average Bonchev–Trinajstić information content (AvgIpc) is 2.80. The number of amides is 1. The van der Waals surface area contributed by atoms with Crippen LogP contribution in [0.2, 0.25) is 0 Å². The molecule has 0 heterocycles. The minimum Gasteiger partial charge on any atom is -0.493 e. The van der Waals surface area contributed by atoms with Gasteiger partial charge in [-0.15, -0.1) is 0 Å². The molecule has 166 valence electrons. The van der Waals surface area contributed by atoms with E-state index in [9.17, 15) is 9.59 Å². The smallest absolute Gasteiger partial charge is 0.412 e. The molecule has 0 aromatic heterocycles. The third-order valence-electron chi connectivity index (χ3n) is 5.07. The van der Waals surface area contributed by atoms with Gasteiger partial charge in [0.25, 0.3) is 0 Å². The number of carbonyl (C=O) groups is 2. The number of hydrogen-bond donors (Lipinski definition) is 1. The van der Waals surface area contributed by atoms with Crippen LogP contribution in [0.3, 0.4) is 0 Å². The van der Waals surface area contributed by atoms with Crippen molar-refractivity contribution in [2.24, 2.45) is 0 Å². The van der Waals surface area contributed by atoms with Crippen molar-refractivity contribution in [3.05, 3.63) is 48.0 Å². The van der Waals surface area contributed by atoms with Crippen molar-refractivity contribution < 1.29 is 28.5 Å². The Labute approximate surface area is 182 Å². The van der Waals surface area contributed by atoms with Crippen molar-refractivity contribution in [2.45, 2.75) is 32.6 Å². The second-order valence-corrected chi connectivity index (χ2v) is 7.10. The predicted octanol–water partition coefficient (Wildman–Crippen LogP) is 3.95. The Morgan fingerprint density at radius 3 is 2.39 bits per heavy atom. The number of esters is 1. The summed E-state index contributed by atoms with van der Waals surface area (Å²) < 4.78 is 21.9. The lowest BCUT2D eigenvalue weighted by atomic mass is 9.87. The Hall–Kier alpha value is -3.06. The Morgan fingerprint density at radius 2 is 1.71 bits per heavy atom. The zero-order valence-corrected chi connectivity index (χ0v) is 17.9. The monoisotopic (exact) mass is 427 g/mol. The third-order valence-corrected chi connectivity index (χ3v) is 5.07. The summed E-state index contributed by atoms with van der Waals surface area (Å²) in [4.78, 5) is 23.4. The summed E-state index contributed by atoms with van der Waals surface area (Å²) in [5.41, 5.74) is 2.20. The fourth-order valence-corrected chi connectivity index (χ4v) is 3.75. The quantitative estimate of drug-likeness (QED) is 0.351. The number of rotatable bonds is 10. The molecule has 0 spiro atoms. The molecule has 1 N–H and O–H groups in total. The molecule has 1 aliphatic carbocycles. The number of hydrogen-bond acceptors (Lipinski definition) is 6. The summed E-state index contributed by atoms with van der Waals surface area (Å²) in [6.07, 6.45) is 4.49. The summed E-state index contributed by atoms with van der Waals surface area (Å²) in [7, 11) is 0. The maximum Gasteiger partial charge on any atom is 0.412 e. The molecular weight excluding hydrogens is 398 g/mol. The summed E-state index contributed by atoms with van der Waals surface area (Å²) in [5, 5.41) is 4.55. The van der Waals surface area contributed by atoms with Gasteiger partial charge in [0.1, 0.15) is 18.1 Å². The topological polar surface area (TPSA) is 83.1 Å². The molecule has 0 fully saturated rings. The second kappa shape index (κ2) is 11.4.